The second kappa shape index (κ2) is 6.79. The van der Waals surface area contributed by atoms with E-state index in [4.69, 9.17) is 0 Å². The van der Waals surface area contributed by atoms with Crippen molar-refractivity contribution < 1.29 is 4.79 Å². The van der Waals surface area contributed by atoms with Crippen LogP contribution in [0.3, 0.4) is 0 Å². The van der Waals surface area contributed by atoms with Gasteiger partial charge in [0.25, 0.3) is 5.91 Å². The summed E-state index contributed by atoms with van der Waals surface area (Å²) in [6.45, 7) is 1.25. The first kappa shape index (κ1) is 16.0. The van der Waals surface area contributed by atoms with Gasteiger partial charge in [0.15, 0.2) is 0 Å². The highest BCUT2D eigenvalue weighted by Gasteiger charge is 2.17. The van der Waals surface area contributed by atoms with Crippen LogP contribution in [0.15, 0.2) is 67.5 Å². The van der Waals surface area contributed by atoms with Crippen LogP contribution < -0.4 is 0 Å². The minimum Gasteiger partial charge on any atom is -0.340 e. The van der Waals surface area contributed by atoms with Crippen molar-refractivity contribution in [1.82, 2.24) is 29.2 Å². The van der Waals surface area contributed by atoms with Gasteiger partial charge in [0, 0.05) is 20.1 Å². The van der Waals surface area contributed by atoms with Gasteiger partial charge in [-0.1, -0.05) is 24.3 Å². The third-order valence-electron chi connectivity index (χ3n) is 4.35. The zero-order chi connectivity index (χ0) is 17.9. The molecular weight excluding hydrogens is 328 g/mol. The molecule has 0 unspecified atom stereocenters. The van der Waals surface area contributed by atoms with Crippen LogP contribution in [0, 0.1) is 0 Å². The van der Waals surface area contributed by atoms with E-state index in [0.717, 1.165) is 16.7 Å². The van der Waals surface area contributed by atoms with Gasteiger partial charge in [-0.15, -0.1) is 0 Å². The molecule has 0 aliphatic carbocycles. The molecule has 0 bridgehead atoms. The Morgan fingerprint density at radius 3 is 2.73 bits per heavy atom. The zero-order valence-corrected chi connectivity index (χ0v) is 14.4. The molecular formula is C19H18N6O. The molecule has 0 aliphatic rings. The number of rotatable bonds is 5. The van der Waals surface area contributed by atoms with E-state index < -0.39 is 0 Å². The Balaban J connectivity index is 1.52. The Morgan fingerprint density at radius 2 is 1.88 bits per heavy atom. The van der Waals surface area contributed by atoms with Gasteiger partial charge in [0.2, 0.25) is 0 Å². The molecule has 2 heterocycles. The van der Waals surface area contributed by atoms with Gasteiger partial charge >= 0.3 is 0 Å². The molecule has 0 saturated carbocycles. The molecule has 1 amide bonds. The lowest BCUT2D eigenvalue weighted by molar-refractivity contribution is 0.0790. The van der Waals surface area contributed by atoms with Crippen LogP contribution >= 0.6 is 0 Å². The summed E-state index contributed by atoms with van der Waals surface area (Å²) in [6, 6.07) is 15.4. The highest BCUT2D eigenvalue weighted by molar-refractivity contribution is 5.97. The van der Waals surface area contributed by atoms with Crippen molar-refractivity contribution in [2.45, 2.75) is 6.54 Å². The maximum atomic E-state index is 12.9. The van der Waals surface area contributed by atoms with Gasteiger partial charge < -0.3 is 9.47 Å². The summed E-state index contributed by atoms with van der Waals surface area (Å²) in [6.07, 6.45) is 4.85. The van der Waals surface area contributed by atoms with Crippen LogP contribution in [0.5, 0.6) is 0 Å². The van der Waals surface area contributed by atoms with E-state index >= 15 is 0 Å². The molecule has 0 saturated heterocycles. The summed E-state index contributed by atoms with van der Waals surface area (Å²) in [4.78, 5) is 23.0. The smallest absolute Gasteiger partial charge is 0.255 e. The van der Waals surface area contributed by atoms with Gasteiger partial charge in [0.1, 0.15) is 12.7 Å². The number of benzene rings is 2. The Bertz CT molecular complexity index is 1040. The van der Waals surface area contributed by atoms with Crippen LogP contribution in [0.1, 0.15) is 10.4 Å². The minimum atomic E-state index is -0.0551. The van der Waals surface area contributed by atoms with E-state index in [1.54, 1.807) is 23.0 Å². The van der Waals surface area contributed by atoms with Crippen molar-refractivity contribution >= 4 is 16.9 Å². The Kier molecular flexibility index (Phi) is 4.18. The molecule has 2 aromatic heterocycles. The van der Waals surface area contributed by atoms with E-state index in [1.807, 2.05) is 54.9 Å². The number of amides is 1. The molecule has 0 radical (unpaired) electrons. The van der Waals surface area contributed by atoms with Crippen LogP contribution in [0.25, 0.3) is 16.7 Å². The Labute approximate surface area is 150 Å². The summed E-state index contributed by atoms with van der Waals surface area (Å²) < 4.78 is 3.66. The number of nitrogens with zero attached hydrogens (tertiary/aromatic N) is 6. The van der Waals surface area contributed by atoms with E-state index in [2.05, 4.69) is 19.6 Å². The summed E-state index contributed by atoms with van der Waals surface area (Å²) >= 11 is 0. The molecule has 26 heavy (non-hydrogen) atoms. The van der Waals surface area contributed by atoms with E-state index in [-0.39, 0.29) is 5.91 Å². The van der Waals surface area contributed by atoms with E-state index in [0.29, 0.717) is 18.7 Å². The van der Waals surface area contributed by atoms with Crippen molar-refractivity contribution in [1.29, 1.82) is 0 Å². The first-order chi connectivity index (χ1) is 12.7. The van der Waals surface area contributed by atoms with Gasteiger partial charge in [-0.05, 0) is 24.3 Å². The first-order valence-electron chi connectivity index (χ1n) is 8.33. The number of para-hydroxylation sites is 3. The summed E-state index contributed by atoms with van der Waals surface area (Å²) in [5.74, 6) is -0.0551. The highest BCUT2D eigenvalue weighted by Crippen LogP contribution is 2.16. The number of aromatic nitrogens is 5. The lowest BCUT2D eigenvalue weighted by atomic mass is 10.1. The van der Waals surface area contributed by atoms with Crippen molar-refractivity contribution in [2.75, 3.05) is 13.6 Å². The lowest BCUT2D eigenvalue weighted by Gasteiger charge is -2.19. The van der Waals surface area contributed by atoms with Crippen LogP contribution in [-0.2, 0) is 6.54 Å². The average molecular weight is 346 g/mol. The number of carbonyl (C=O) groups excluding carboxylic acids is 1. The summed E-state index contributed by atoms with van der Waals surface area (Å²) in [5.41, 5.74) is 3.33. The van der Waals surface area contributed by atoms with Gasteiger partial charge in [0.05, 0.1) is 28.6 Å². The van der Waals surface area contributed by atoms with E-state index in [1.165, 1.54) is 6.33 Å². The van der Waals surface area contributed by atoms with Gasteiger partial charge in [-0.25, -0.2) is 14.6 Å². The number of carbonyl (C=O) groups is 1. The fraction of sp³-hybridized carbons (Fsp3) is 0.158. The summed E-state index contributed by atoms with van der Waals surface area (Å²) in [5, 5.41) is 4.13. The first-order valence-corrected chi connectivity index (χ1v) is 8.33. The van der Waals surface area contributed by atoms with Crippen molar-refractivity contribution in [3.05, 3.63) is 73.1 Å². The normalized spacial score (nSPS) is 11.0. The zero-order valence-electron chi connectivity index (χ0n) is 14.4. The monoisotopic (exact) mass is 346 g/mol. The molecule has 0 aliphatic heterocycles. The molecule has 130 valence electrons. The Hall–Kier alpha value is -3.48. The van der Waals surface area contributed by atoms with Crippen molar-refractivity contribution in [3.8, 4) is 5.69 Å². The van der Waals surface area contributed by atoms with Gasteiger partial charge in [-0.2, -0.15) is 5.10 Å². The number of hydrogen-bond acceptors (Lipinski definition) is 4. The third-order valence-corrected chi connectivity index (χ3v) is 4.35. The Morgan fingerprint density at radius 1 is 1.08 bits per heavy atom. The molecule has 0 atom stereocenters. The predicted molar refractivity (Wildman–Crippen MR) is 98.1 cm³/mol. The third kappa shape index (κ3) is 2.95. The maximum absolute atomic E-state index is 12.9. The van der Waals surface area contributed by atoms with Crippen molar-refractivity contribution in [2.24, 2.45) is 0 Å². The fourth-order valence-corrected chi connectivity index (χ4v) is 2.94. The number of hydrogen-bond donors (Lipinski definition) is 0. The molecule has 4 rings (SSSR count). The second-order valence-electron chi connectivity index (χ2n) is 6.01. The molecule has 0 N–H and O–H groups in total. The SMILES string of the molecule is CN(CCn1cnc2ccccc21)C(=O)c1ccccc1-n1cncn1. The molecule has 2 aromatic carbocycles. The minimum absolute atomic E-state index is 0.0551. The summed E-state index contributed by atoms with van der Waals surface area (Å²) in [7, 11) is 1.81. The number of likely N-dealkylation sites (N-methyl/N-ethyl adjacent to an activating group) is 1. The predicted octanol–water partition coefficient (Wildman–Crippen LogP) is 2.39. The molecule has 0 spiro atoms. The standard InChI is InChI=1S/C19H18N6O/c1-23(10-11-24-14-21-16-7-3-5-9-18(16)24)19(26)15-6-2-4-8-17(15)25-13-20-12-22-25/h2-9,12-14H,10-11H2,1H3. The number of imidazole rings is 1. The van der Waals surface area contributed by atoms with Crippen molar-refractivity contribution in [3.63, 3.8) is 0 Å². The highest BCUT2D eigenvalue weighted by atomic mass is 16.2. The van der Waals surface area contributed by atoms with Crippen LogP contribution in [0.4, 0.5) is 0 Å². The molecule has 7 nitrogen and oxygen atoms in total. The fourth-order valence-electron chi connectivity index (χ4n) is 2.94. The maximum Gasteiger partial charge on any atom is 0.255 e. The van der Waals surface area contributed by atoms with Crippen LogP contribution in [0.2, 0.25) is 0 Å². The van der Waals surface area contributed by atoms with E-state index in [9.17, 15) is 4.79 Å². The largest absolute Gasteiger partial charge is 0.340 e. The molecule has 4 aromatic rings. The van der Waals surface area contributed by atoms with Gasteiger partial charge in [-0.3, -0.25) is 4.79 Å². The molecule has 0 fully saturated rings. The quantitative estimate of drug-likeness (QED) is 0.556. The lowest BCUT2D eigenvalue weighted by Crippen LogP contribution is -2.30. The topological polar surface area (TPSA) is 68.8 Å². The average Bonchev–Trinajstić information content (AvgIpc) is 3.35. The number of fused-ring (bicyclic) bond motifs is 1. The second-order valence-corrected chi connectivity index (χ2v) is 6.01. The van der Waals surface area contributed by atoms with Crippen LogP contribution in [-0.4, -0.2) is 48.7 Å². The molecule has 7 heteroatoms.